The number of carbonyl (C=O) groups excluding carboxylic acids is 2. The molecule has 1 aromatic heterocycles. The smallest absolute Gasteiger partial charge is 0.383 e. The van der Waals surface area contributed by atoms with Crippen LogP contribution in [0.25, 0.3) is 5.57 Å². The van der Waals surface area contributed by atoms with Crippen LogP contribution in [-0.4, -0.2) is 32.8 Å². The Labute approximate surface area is 198 Å². The molecule has 7 nitrogen and oxygen atoms in total. The van der Waals surface area contributed by atoms with Gasteiger partial charge in [0.25, 0.3) is 5.91 Å². The topological polar surface area (TPSA) is 96.3 Å². The summed E-state index contributed by atoms with van der Waals surface area (Å²) in [7, 11) is 1.72. The molecular weight excluding hydrogens is 461 g/mol. The SMILES string of the molecule is Cn1cc(C(=CC=CC(=O)Nc2cccc3c2CC(O)C(=O)N3)c2ccc(C(F)(F)F)cc2)cn1. The van der Waals surface area contributed by atoms with Crippen molar-refractivity contribution in [1.82, 2.24) is 9.78 Å². The second-order valence-corrected chi connectivity index (χ2v) is 7.95. The van der Waals surface area contributed by atoms with E-state index in [0.717, 1.165) is 12.1 Å². The van der Waals surface area contributed by atoms with Crippen LogP contribution in [0.1, 0.15) is 22.3 Å². The highest BCUT2D eigenvalue weighted by molar-refractivity contribution is 6.03. The molecule has 2 aromatic carbocycles. The van der Waals surface area contributed by atoms with E-state index in [0.29, 0.717) is 33.6 Å². The molecule has 35 heavy (non-hydrogen) atoms. The maximum atomic E-state index is 12.9. The quantitative estimate of drug-likeness (QED) is 0.379. The number of benzene rings is 2. The van der Waals surface area contributed by atoms with Gasteiger partial charge in [-0.05, 0) is 35.4 Å². The van der Waals surface area contributed by atoms with E-state index in [2.05, 4.69) is 15.7 Å². The second-order valence-electron chi connectivity index (χ2n) is 7.95. The highest BCUT2D eigenvalue weighted by atomic mass is 19.4. The molecule has 0 bridgehead atoms. The van der Waals surface area contributed by atoms with E-state index in [1.165, 1.54) is 24.3 Å². The average molecular weight is 482 g/mol. The van der Waals surface area contributed by atoms with Gasteiger partial charge in [0, 0.05) is 48.2 Å². The van der Waals surface area contributed by atoms with E-state index >= 15 is 0 Å². The van der Waals surface area contributed by atoms with Crippen molar-refractivity contribution in [2.45, 2.75) is 18.7 Å². The van der Waals surface area contributed by atoms with E-state index in [1.54, 1.807) is 48.4 Å². The molecule has 1 atom stereocenters. The van der Waals surface area contributed by atoms with Crippen molar-refractivity contribution in [2.24, 2.45) is 7.05 Å². The Morgan fingerprint density at radius 1 is 1.20 bits per heavy atom. The molecule has 2 amide bonds. The number of halogens is 3. The molecule has 0 radical (unpaired) electrons. The number of amides is 2. The summed E-state index contributed by atoms with van der Waals surface area (Å²) in [6.45, 7) is 0. The van der Waals surface area contributed by atoms with Gasteiger partial charge in [0.1, 0.15) is 6.10 Å². The Morgan fingerprint density at radius 3 is 2.60 bits per heavy atom. The summed E-state index contributed by atoms with van der Waals surface area (Å²) in [5, 5.41) is 19.3. The van der Waals surface area contributed by atoms with E-state index in [9.17, 15) is 27.9 Å². The number of hydrogen-bond acceptors (Lipinski definition) is 4. The molecule has 0 saturated heterocycles. The number of anilines is 2. The lowest BCUT2D eigenvalue weighted by Crippen LogP contribution is -2.34. The molecule has 10 heteroatoms. The van der Waals surface area contributed by atoms with Gasteiger partial charge >= 0.3 is 6.18 Å². The molecule has 3 N–H and O–H groups in total. The number of allylic oxidation sites excluding steroid dienone is 2. The molecule has 0 fully saturated rings. The molecule has 1 aliphatic heterocycles. The molecule has 0 aliphatic carbocycles. The van der Waals surface area contributed by atoms with Crippen LogP contribution in [0.15, 0.2) is 73.1 Å². The van der Waals surface area contributed by atoms with Gasteiger partial charge in [-0.3, -0.25) is 14.3 Å². The van der Waals surface area contributed by atoms with Crippen molar-refractivity contribution in [3.63, 3.8) is 0 Å². The second kappa shape index (κ2) is 9.59. The lowest BCUT2D eigenvalue weighted by Gasteiger charge is -2.23. The minimum absolute atomic E-state index is 0.0698. The Morgan fingerprint density at radius 2 is 1.94 bits per heavy atom. The minimum atomic E-state index is -4.44. The first-order chi connectivity index (χ1) is 16.6. The van der Waals surface area contributed by atoms with Crippen LogP contribution in [-0.2, 0) is 29.2 Å². The Balaban J connectivity index is 1.56. The summed E-state index contributed by atoms with van der Waals surface area (Å²) in [5.74, 6) is -0.962. The largest absolute Gasteiger partial charge is 0.416 e. The lowest BCUT2D eigenvalue weighted by molar-refractivity contribution is -0.137. The Hall–Kier alpha value is -4.18. The van der Waals surface area contributed by atoms with Gasteiger partial charge in [-0.2, -0.15) is 18.3 Å². The average Bonchev–Trinajstić information content (AvgIpc) is 3.23. The maximum absolute atomic E-state index is 12.9. The fourth-order valence-corrected chi connectivity index (χ4v) is 3.71. The zero-order chi connectivity index (χ0) is 25.2. The van der Waals surface area contributed by atoms with Crippen molar-refractivity contribution < 1.29 is 27.9 Å². The number of aromatic nitrogens is 2. The van der Waals surface area contributed by atoms with Crippen LogP contribution >= 0.6 is 0 Å². The molecule has 0 saturated carbocycles. The summed E-state index contributed by atoms with van der Waals surface area (Å²) in [5.41, 5.74) is 2.60. The molecule has 180 valence electrons. The number of aliphatic hydroxyl groups excluding tert-OH is 1. The number of nitrogens with zero attached hydrogens (tertiary/aromatic N) is 2. The van der Waals surface area contributed by atoms with E-state index in [4.69, 9.17) is 0 Å². The molecule has 3 aromatic rings. The summed E-state index contributed by atoms with van der Waals surface area (Å²) >= 11 is 0. The van der Waals surface area contributed by atoms with Gasteiger partial charge in [-0.1, -0.05) is 30.4 Å². The monoisotopic (exact) mass is 482 g/mol. The molecule has 0 spiro atoms. The van der Waals surface area contributed by atoms with Gasteiger partial charge in [0.15, 0.2) is 0 Å². The molecular formula is C25H21F3N4O3. The number of hydrogen-bond donors (Lipinski definition) is 3. The lowest BCUT2D eigenvalue weighted by atomic mass is 9.98. The van der Waals surface area contributed by atoms with Gasteiger partial charge < -0.3 is 15.7 Å². The number of aryl methyl sites for hydroxylation is 1. The highest BCUT2D eigenvalue weighted by Gasteiger charge is 2.30. The fraction of sp³-hybridized carbons (Fsp3) is 0.160. The predicted molar refractivity (Wildman–Crippen MR) is 124 cm³/mol. The van der Waals surface area contributed by atoms with Crippen molar-refractivity contribution in [3.05, 3.63) is 95.3 Å². The molecule has 2 heterocycles. The molecule has 1 aliphatic rings. The van der Waals surface area contributed by atoms with Gasteiger partial charge in [-0.25, -0.2) is 0 Å². The van der Waals surface area contributed by atoms with E-state index in [-0.39, 0.29) is 6.42 Å². The highest BCUT2D eigenvalue weighted by Crippen LogP contribution is 2.32. The van der Waals surface area contributed by atoms with E-state index < -0.39 is 29.7 Å². The molecule has 1 unspecified atom stereocenters. The minimum Gasteiger partial charge on any atom is -0.383 e. The van der Waals surface area contributed by atoms with Gasteiger partial charge in [0.05, 0.1) is 11.8 Å². The van der Waals surface area contributed by atoms with E-state index in [1.807, 2.05) is 0 Å². The first-order valence-electron chi connectivity index (χ1n) is 10.6. The number of rotatable bonds is 5. The summed E-state index contributed by atoms with van der Waals surface area (Å²) < 4.78 is 40.4. The first-order valence-corrected chi connectivity index (χ1v) is 10.6. The van der Waals surface area contributed by atoms with Crippen LogP contribution in [0.5, 0.6) is 0 Å². The number of carbonyl (C=O) groups is 2. The number of nitrogens with one attached hydrogen (secondary N) is 2. The van der Waals surface area contributed by atoms with Gasteiger partial charge in [-0.15, -0.1) is 0 Å². The zero-order valence-electron chi connectivity index (χ0n) is 18.5. The summed E-state index contributed by atoms with van der Waals surface area (Å²) in [6, 6.07) is 9.74. The number of fused-ring (bicyclic) bond motifs is 1. The summed E-state index contributed by atoms with van der Waals surface area (Å²) in [4.78, 5) is 24.2. The van der Waals surface area contributed by atoms with Crippen LogP contribution in [0.2, 0.25) is 0 Å². The first kappa shape index (κ1) is 24.0. The number of alkyl halides is 3. The third-order valence-electron chi connectivity index (χ3n) is 5.44. The third kappa shape index (κ3) is 5.49. The Kier molecular flexibility index (Phi) is 6.57. The molecule has 4 rings (SSSR count). The van der Waals surface area contributed by atoms with Crippen molar-refractivity contribution in [1.29, 1.82) is 0 Å². The van der Waals surface area contributed by atoms with Crippen molar-refractivity contribution in [3.8, 4) is 0 Å². The Bertz CT molecular complexity index is 1320. The normalized spacial score (nSPS) is 16.2. The third-order valence-corrected chi connectivity index (χ3v) is 5.44. The predicted octanol–water partition coefficient (Wildman–Crippen LogP) is 3.92. The van der Waals surface area contributed by atoms with Crippen LogP contribution in [0.4, 0.5) is 24.5 Å². The number of aliphatic hydroxyl groups is 1. The standard InChI is InChI=1S/C25H21F3N4O3/c1-32-14-16(13-29-32)18(15-8-10-17(11-9-15)25(26,27)28)4-2-7-23(34)30-20-5-3-6-21-19(20)12-22(33)24(35)31-21/h2-11,13-14,22,33H,12H2,1H3,(H,30,34)(H,31,35). The summed E-state index contributed by atoms with van der Waals surface area (Å²) in [6.07, 6.45) is 2.10. The van der Waals surface area contributed by atoms with Crippen molar-refractivity contribution in [2.75, 3.05) is 10.6 Å². The van der Waals surface area contributed by atoms with Gasteiger partial charge in [0.2, 0.25) is 5.91 Å². The zero-order valence-corrected chi connectivity index (χ0v) is 18.5. The fourth-order valence-electron chi connectivity index (χ4n) is 3.71. The van der Waals surface area contributed by atoms with Crippen molar-refractivity contribution >= 4 is 28.8 Å². The van der Waals surface area contributed by atoms with Crippen LogP contribution in [0, 0.1) is 0 Å². The maximum Gasteiger partial charge on any atom is 0.416 e. The van der Waals surface area contributed by atoms with Crippen LogP contribution in [0.3, 0.4) is 0 Å². The van der Waals surface area contributed by atoms with Crippen LogP contribution < -0.4 is 10.6 Å².